The van der Waals surface area contributed by atoms with Crippen molar-refractivity contribution in [1.29, 1.82) is 0 Å². The van der Waals surface area contributed by atoms with Crippen LogP contribution < -0.4 is 11.1 Å². The van der Waals surface area contributed by atoms with Gasteiger partial charge in [-0.15, -0.1) is 0 Å². The van der Waals surface area contributed by atoms with Crippen molar-refractivity contribution in [1.82, 2.24) is 9.88 Å². The zero-order valence-electron chi connectivity index (χ0n) is 13.2. The van der Waals surface area contributed by atoms with E-state index in [0.717, 1.165) is 5.56 Å². The lowest BCUT2D eigenvalue weighted by molar-refractivity contribution is -0.121. The van der Waals surface area contributed by atoms with Crippen molar-refractivity contribution in [3.8, 4) is 0 Å². The Bertz CT molecular complexity index is 912. The molecular formula is C18H17ClN2O3. The number of oxazole rings is 1. The van der Waals surface area contributed by atoms with E-state index in [9.17, 15) is 9.59 Å². The summed E-state index contributed by atoms with van der Waals surface area (Å²) in [6.07, 6.45) is 0.196. The second kappa shape index (κ2) is 6.93. The first kappa shape index (κ1) is 16.3. The van der Waals surface area contributed by atoms with Crippen molar-refractivity contribution in [3.05, 3.63) is 69.7 Å². The van der Waals surface area contributed by atoms with E-state index in [2.05, 4.69) is 5.32 Å². The lowest BCUT2D eigenvalue weighted by Gasteiger charge is -2.14. The number of hydrogen-bond donors (Lipinski definition) is 1. The van der Waals surface area contributed by atoms with Crippen molar-refractivity contribution < 1.29 is 9.21 Å². The average molecular weight is 345 g/mol. The maximum absolute atomic E-state index is 12.2. The smallest absolute Gasteiger partial charge is 0.408 e. The summed E-state index contributed by atoms with van der Waals surface area (Å²) in [5.74, 6) is -0.579. The molecule has 3 aromatic rings. The minimum absolute atomic E-state index is 0.130. The van der Waals surface area contributed by atoms with Gasteiger partial charge < -0.3 is 9.73 Å². The van der Waals surface area contributed by atoms with Crippen molar-refractivity contribution in [2.24, 2.45) is 0 Å². The van der Waals surface area contributed by atoms with E-state index in [1.807, 2.05) is 25.1 Å². The summed E-state index contributed by atoms with van der Waals surface area (Å²) < 4.78 is 6.63. The maximum Gasteiger partial charge on any atom is 0.419 e. The standard InChI is InChI=1S/C18H17ClN2O3/c1-12(13-6-8-14(19)9-7-13)20-17(22)10-11-21-15-4-2-3-5-16(15)24-18(21)23/h2-9,12H,10-11H2,1H3,(H,20,22)/t12-/m0/s1. The predicted molar refractivity (Wildman–Crippen MR) is 93.1 cm³/mol. The fraction of sp³-hybridized carbons (Fsp3) is 0.222. The quantitative estimate of drug-likeness (QED) is 0.770. The first-order valence-corrected chi connectivity index (χ1v) is 8.05. The molecule has 0 saturated heterocycles. The Morgan fingerprint density at radius 1 is 1.21 bits per heavy atom. The number of halogens is 1. The first-order chi connectivity index (χ1) is 11.5. The van der Waals surface area contributed by atoms with Crippen LogP contribution in [0, 0.1) is 0 Å². The zero-order chi connectivity index (χ0) is 17.1. The molecule has 0 aliphatic heterocycles. The van der Waals surface area contributed by atoms with Crippen LogP contribution in [0.5, 0.6) is 0 Å². The van der Waals surface area contributed by atoms with Crippen molar-refractivity contribution in [2.75, 3.05) is 0 Å². The van der Waals surface area contributed by atoms with Gasteiger partial charge in [-0.2, -0.15) is 0 Å². The number of carbonyl (C=O) groups is 1. The van der Waals surface area contributed by atoms with Gasteiger partial charge in [-0.25, -0.2) is 4.79 Å². The number of carbonyl (C=O) groups excluding carboxylic acids is 1. The predicted octanol–water partition coefficient (Wildman–Crippen LogP) is 3.52. The Morgan fingerprint density at radius 2 is 1.92 bits per heavy atom. The van der Waals surface area contributed by atoms with E-state index in [4.69, 9.17) is 16.0 Å². The molecule has 1 amide bonds. The number of nitrogens with one attached hydrogen (secondary N) is 1. The third-order valence-corrected chi connectivity index (χ3v) is 4.14. The van der Waals surface area contributed by atoms with Crippen LogP contribution in [-0.4, -0.2) is 10.5 Å². The second-order valence-corrected chi connectivity index (χ2v) is 6.01. The Hall–Kier alpha value is -2.53. The zero-order valence-corrected chi connectivity index (χ0v) is 13.9. The summed E-state index contributed by atoms with van der Waals surface area (Å²) in [6.45, 7) is 2.18. The van der Waals surface area contributed by atoms with Gasteiger partial charge in [0.1, 0.15) is 0 Å². The number of para-hydroxylation sites is 2. The largest absolute Gasteiger partial charge is 0.419 e. The Morgan fingerprint density at radius 3 is 2.67 bits per heavy atom. The minimum atomic E-state index is -0.449. The lowest BCUT2D eigenvalue weighted by atomic mass is 10.1. The number of hydrogen-bond acceptors (Lipinski definition) is 3. The van der Waals surface area contributed by atoms with Gasteiger partial charge in [-0.05, 0) is 36.8 Å². The molecule has 0 aliphatic rings. The number of aromatic nitrogens is 1. The molecule has 1 heterocycles. The van der Waals surface area contributed by atoms with Gasteiger partial charge in [-0.1, -0.05) is 35.9 Å². The summed E-state index contributed by atoms with van der Waals surface area (Å²) >= 11 is 5.86. The van der Waals surface area contributed by atoms with Crippen LogP contribution in [0.1, 0.15) is 24.9 Å². The number of fused-ring (bicyclic) bond motifs is 1. The van der Waals surface area contributed by atoms with Gasteiger partial charge in [-0.3, -0.25) is 9.36 Å². The molecule has 2 aromatic carbocycles. The molecule has 24 heavy (non-hydrogen) atoms. The molecule has 3 rings (SSSR count). The molecule has 5 nitrogen and oxygen atoms in total. The normalized spacial score (nSPS) is 12.2. The van der Waals surface area contributed by atoms with Crippen LogP contribution in [0.3, 0.4) is 0 Å². The van der Waals surface area contributed by atoms with Gasteiger partial charge in [0.25, 0.3) is 0 Å². The highest BCUT2D eigenvalue weighted by molar-refractivity contribution is 6.30. The monoisotopic (exact) mass is 344 g/mol. The molecule has 0 saturated carbocycles. The average Bonchev–Trinajstić information content (AvgIpc) is 2.88. The summed E-state index contributed by atoms with van der Waals surface area (Å²) in [5.41, 5.74) is 2.19. The Kier molecular flexibility index (Phi) is 4.71. The topological polar surface area (TPSA) is 64.2 Å². The van der Waals surface area contributed by atoms with E-state index in [1.54, 1.807) is 30.3 Å². The summed E-state index contributed by atoms with van der Waals surface area (Å²) in [5, 5.41) is 3.57. The summed E-state index contributed by atoms with van der Waals surface area (Å²) in [4.78, 5) is 24.0. The molecular weight excluding hydrogens is 328 g/mol. The molecule has 124 valence electrons. The minimum Gasteiger partial charge on any atom is -0.408 e. The number of aryl methyl sites for hydroxylation is 1. The van der Waals surface area contributed by atoms with Crippen LogP contribution >= 0.6 is 11.6 Å². The SMILES string of the molecule is C[C@H](NC(=O)CCn1c(=O)oc2ccccc21)c1ccc(Cl)cc1. The van der Waals surface area contributed by atoms with Gasteiger partial charge >= 0.3 is 5.76 Å². The maximum atomic E-state index is 12.2. The molecule has 6 heteroatoms. The molecule has 0 unspecified atom stereocenters. The summed E-state index contributed by atoms with van der Waals surface area (Å²) in [7, 11) is 0. The molecule has 0 radical (unpaired) electrons. The van der Waals surface area contributed by atoms with Crippen molar-refractivity contribution >= 4 is 28.6 Å². The Balaban J connectivity index is 1.64. The van der Waals surface area contributed by atoms with Crippen molar-refractivity contribution in [2.45, 2.75) is 25.9 Å². The van der Waals surface area contributed by atoms with Crippen LogP contribution in [-0.2, 0) is 11.3 Å². The molecule has 1 N–H and O–H groups in total. The van der Waals surface area contributed by atoms with Crippen LogP contribution in [0.15, 0.2) is 57.7 Å². The highest BCUT2D eigenvalue weighted by Gasteiger charge is 2.12. The van der Waals surface area contributed by atoms with Gasteiger partial charge in [0.2, 0.25) is 5.91 Å². The molecule has 1 atom stereocenters. The highest BCUT2D eigenvalue weighted by atomic mass is 35.5. The first-order valence-electron chi connectivity index (χ1n) is 7.68. The fourth-order valence-electron chi connectivity index (χ4n) is 2.59. The van der Waals surface area contributed by atoms with E-state index < -0.39 is 5.76 Å². The van der Waals surface area contributed by atoms with E-state index >= 15 is 0 Å². The van der Waals surface area contributed by atoms with E-state index in [-0.39, 0.29) is 24.9 Å². The molecule has 0 spiro atoms. The number of rotatable bonds is 5. The van der Waals surface area contributed by atoms with Gasteiger partial charge in [0.15, 0.2) is 5.58 Å². The number of amides is 1. The van der Waals surface area contributed by atoms with Gasteiger partial charge in [0.05, 0.1) is 11.6 Å². The number of benzene rings is 2. The highest BCUT2D eigenvalue weighted by Crippen LogP contribution is 2.16. The van der Waals surface area contributed by atoms with Crippen LogP contribution in [0.4, 0.5) is 0 Å². The lowest BCUT2D eigenvalue weighted by Crippen LogP contribution is -2.28. The Labute approximate surface area is 143 Å². The summed E-state index contributed by atoms with van der Waals surface area (Å²) in [6, 6.07) is 14.4. The van der Waals surface area contributed by atoms with E-state index in [0.29, 0.717) is 16.1 Å². The van der Waals surface area contributed by atoms with E-state index in [1.165, 1.54) is 4.57 Å². The molecule has 0 fully saturated rings. The third kappa shape index (κ3) is 3.51. The van der Waals surface area contributed by atoms with Crippen molar-refractivity contribution in [3.63, 3.8) is 0 Å². The molecule has 1 aromatic heterocycles. The molecule has 0 aliphatic carbocycles. The number of nitrogens with zero attached hydrogens (tertiary/aromatic N) is 1. The van der Waals surface area contributed by atoms with Gasteiger partial charge in [0, 0.05) is 18.0 Å². The fourth-order valence-corrected chi connectivity index (χ4v) is 2.71. The second-order valence-electron chi connectivity index (χ2n) is 5.58. The third-order valence-electron chi connectivity index (χ3n) is 3.88. The molecule has 0 bridgehead atoms. The van der Waals surface area contributed by atoms with Crippen LogP contribution in [0.2, 0.25) is 5.02 Å². The van der Waals surface area contributed by atoms with Crippen LogP contribution in [0.25, 0.3) is 11.1 Å².